The average molecular weight is 336 g/mol. The van der Waals surface area contributed by atoms with Crippen LogP contribution in [0.4, 0.5) is 0 Å². The smallest absolute Gasteiger partial charge is 0.327 e. The van der Waals surface area contributed by atoms with Crippen molar-refractivity contribution >= 4 is 16.9 Å². The minimum absolute atomic E-state index is 0.00388. The molecule has 7 nitrogen and oxygen atoms in total. The lowest BCUT2D eigenvalue weighted by molar-refractivity contribution is 0.0949. The summed E-state index contributed by atoms with van der Waals surface area (Å²) >= 11 is 0. The van der Waals surface area contributed by atoms with Gasteiger partial charge in [-0.1, -0.05) is 30.3 Å². The third-order valence-electron chi connectivity index (χ3n) is 4.68. The van der Waals surface area contributed by atoms with Gasteiger partial charge >= 0.3 is 5.69 Å². The average Bonchev–Trinajstić information content (AvgIpc) is 3.41. The summed E-state index contributed by atoms with van der Waals surface area (Å²) in [6, 6.07) is 11.6. The number of fused-ring (bicyclic) bond motifs is 1. The van der Waals surface area contributed by atoms with Gasteiger partial charge in [0.1, 0.15) is 5.65 Å². The number of aromatic amines is 2. The first-order chi connectivity index (χ1) is 12.1. The zero-order valence-electron chi connectivity index (χ0n) is 13.3. The monoisotopic (exact) mass is 336 g/mol. The van der Waals surface area contributed by atoms with Gasteiger partial charge in [-0.2, -0.15) is 0 Å². The predicted octanol–water partition coefficient (Wildman–Crippen LogP) is 1.07. The van der Waals surface area contributed by atoms with Gasteiger partial charge in [-0.15, -0.1) is 0 Å². The van der Waals surface area contributed by atoms with E-state index < -0.39 is 11.2 Å². The van der Waals surface area contributed by atoms with Crippen LogP contribution in [0.1, 0.15) is 28.8 Å². The number of H-pyrrole nitrogens is 2. The predicted molar refractivity (Wildman–Crippen MR) is 92.7 cm³/mol. The number of hydrogen-bond donors (Lipinski definition) is 3. The van der Waals surface area contributed by atoms with Crippen molar-refractivity contribution < 1.29 is 4.79 Å². The summed E-state index contributed by atoms with van der Waals surface area (Å²) in [5.74, 6) is -0.290. The van der Waals surface area contributed by atoms with E-state index in [0.717, 1.165) is 12.8 Å². The Balaban J connectivity index is 1.55. The van der Waals surface area contributed by atoms with Gasteiger partial charge in [0, 0.05) is 18.2 Å². The molecule has 1 aliphatic carbocycles. The van der Waals surface area contributed by atoms with Gasteiger partial charge < -0.3 is 5.32 Å². The maximum Gasteiger partial charge on any atom is 0.327 e. The molecule has 1 fully saturated rings. The second-order valence-corrected chi connectivity index (χ2v) is 6.36. The molecule has 1 aliphatic rings. The minimum Gasteiger partial charge on any atom is -0.351 e. The molecule has 1 amide bonds. The van der Waals surface area contributed by atoms with Crippen molar-refractivity contribution in [3.63, 3.8) is 0 Å². The molecule has 2 aromatic heterocycles. The first-order valence-corrected chi connectivity index (χ1v) is 8.04. The van der Waals surface area contributed by atoms with E-state index >= 15 is 0 Å². The molecule has 7 heteroatoms. The lowest BCUT2D eigenvalue weighted by Crippen LogP contribution is -2.32. The molecule has 25 heavy (non-hydrogen) atoms. The van der Waals surface area contributed by atoms with Crippen LogP contribution >= 0.6 is 0 Å². The number of carbonyl (C=O) groups is 1. The molecule has 3 aromatic rings. The zero-order chi connectivity index (χ0) is 17.4. The summed E-state index contributed by atoms with van der Waals surface area (Å²) in [5.41, 5.74) is 0.483. The van der Waals surface area contributed by atoms with E-state index in [2.05, 4.69) is 32.4 Å². The zero-order valence-corrected chi connectivity index (χ0v) is 13.3. The number of carbonyl (C=O) groups excluding carboxylic acids is 1. The molecule has 3 N–H and O–H groups in total. The topological polar surface area (TPSA) is 108 Å². The standard InChI is InChI=1S/C18H16N4O3/c23-15(20-10-18(6-7-18)12-4-2-1-3-5-12)11-8-13-14(19-9-11)21-17(25)22-16(13)24/h1-5,8-9H,6-7,10H2,(H,20,23)(H2,19,21,22,24,25). The summed E-state index contributed by atoms with van der Waals surface area (Å²) in [6.45, 7) is 0.538. The Hall–Kier alpha value is -3.22. The van der Waals surface area contributed by atoms with E-state index in [1.807, 2.05) is 18.2 Å². The highest BCUT2D eigenvalue weighted by atomic mass is 16.2. The van der Waals surface area contributed by atoms with E-state index in [0.29, 0.717) is 6.54 Å². The lowest BCUT2D eigenvalue weighted by atomic mass is 9.96. The molecule has 4 rings (SSSR count). The summed E-state index contributed by atoms with van der Waals surface area (Å²) in [6.07, 6.45) is 3.43. The molecular formula is C18H16N4O3. The molecule has 1 saturated carbocycles. The Labute approximate surface area is 142 Å². The fourth-order valence-electron chi connectivity index (χ4n) is 3.03. The third-order valence-corrected chi connectivity index (χ3v) is 4.68. The fourth-order valence-corrected chi connectivity index (χ4v) is 3.03. The first-order valence-electron chi connectivity index (χ1n) is 8.04. The van der Waals surface area contributed by atoms with Gasteiger partial charge in [0.15, 0.2) is 0 Å². The number of pyridine rings is 1. The van der Waals surface area contributed by atoms with Crippen LogP contribution in [0.5, 0.6) is 0 Å². The van der Waals surface area contributed by atoms with Crippen LogP contribution in [0.15, 0.2) is 52.2 Å². The summed E-state index contributed by atoms with van der Waals surface area (Å²) in [7, 11) is 0. The van der Waals surface area contributed by atoms with Crippen LogP contribution in [0.25, 0.3) is 11.0 Å². The van der Waals surface area contributed by atoms with E-state index in [9.17, 15) is 14.4 Å². The number of rotatable bonds is 4. The minimum atomic E-state index is -0.624. The van der Waals surface area contributed by atoms with E-state index in [1.165, 1.54) is 17.8 Å². The second kappa shape index (κ2) is 5.70. The van der Waals surface area contributed by atoms with Gasteiger partial charge in [0.05, 0.1) is 10.9 Å². The largest absolute Gasteiger partial charge is 0.351 e. The Morgan fingerprint density at radius 3 is 2.64 bits per heavy atom. The molecule has 0 aliphatic heterocycles. The maximum atomic E-state index is 12.4. The van der Waals surface area contributed by atoms with Gasteiger partial charge in [0.2, 0.25) is 0 Å². The third kappa shape index (κ3) is 2.84. The number of nitrogens with one attached hydrogen (secondary N) is 3. The quantitative estimate of drug-likeness (QED) is 0.662. The molecule has 0 radical (unpaired) electrons. The SMILES string of the molecule is O=C(NCC1(c2ccccc2)CC1)c1cnc2[nH]c(=O)[nH]c(=O)c2c1. The highest BCUT2D eigenvalue weighted by Gasteiger charge is 2.44. The molecule has 1 aromatic carbocycles. The number of amides is 1. The molecule has 2 heterocycles. The van der Waals surface area contributed by atoms with Crippen LogP contribution < -0.4 is 16.6 Å². The second-order valence-electron chi connectivity index (χ2n) is 6.36. The van der Waals surface area contributed by atoms with Gasteiger partial charge in [-0.3, -0.25) is 19.6 Å². The maximum absolute atomic E-state index is 12.4. The van der Waals surface area contributed by atoms with Crippen LogP contribution in [0.2, 0.25) is 0 Å². The molecular weight excluding hydrogens is 320 g/mol. The van der Waals surface area contributed by atoms with Gasteiger partial charge in [-0.25, -0.2) is 9.78 Å². The number of benzene rings is 1. The van der Waals surface area contributed by atoms with Crippen LogP contribution in [-0.2, 0) is 5.41 Å². The van der Waals surface area contributed by atoms with Crippen LogP contribution in [0, 0.1) is 0 Å². The van der Waals surface area contributed by atoms with Crippen molar-refractivity contribution in [2.24, 2.45) is 0 Å². The fraction of sp³-hybridized carbons (Fsp3) is 0.222. The highest BCUT2D eigenvalue weighted by Crippen LogP contribution is 2.47. The Morgan fingerprint density at radius 1 is 1.16 bits per heavy atom. The summed E-state index contributed by atoms with van der Waals surface area (Å²) in [4.78, 5) is 44.1. The Morgan fingerprint density at radius 2 is 1.92 bits per heavy atom. The molecule has 0 saturated heterocycles. The van der Waals surface area contributed by atoms with Crippen molar-refractivity contribution in [3.05, 3.63) is 74.6 Å². The summed E-state index contributed by atoms with van der Waals surface area (Å²) < 4.78 is 0. The number of nitrogens with zero attached hydrogens (tertiary/aromatic N) is 1. The molecule has 0 spiro atoms. The molecule has 0 unspecified atom stereocenters. The Kier molecular flexibility index (Phi) is 3.49. The normalized spacial score (nSPS) is 15.0. The van der Waals surface area contributed by atoms with Crippen molar-refractivity contribution in [1.29, 1.82) is 0 Å². The van der Waals surface area contributed by atoms with Crippen molar-refractivity contribution in [2.45, 2.75) is 18.3 Å². The van der Waals surface area contributed by atoms with Crippen molar-refractivity contribution in [3.8, 4) is 0 Å². The van der Waals surface area contributed by atoms with Gasteiger partial charge in [-0.05, 0) is 24.5 Å². The van der Waals surface area contributed by atoms with E-state index in [1.54, 1.807) is 0 Å². The van der Waals surface area contributed by atoms with E-state index in [4.69, 9.17) is 0 Å². The van der Waals surface area contributed by atoms with Crippen LogP contribution in [0.3, 0.4) is 0 Å². The van der Waals surface area contributed by atoms with Crippen LogP contribution in [-0.4, -0.2) is 27.4 Å². The number of hydrogen-bond acceptors (Lipinski definition) is 4. The van der Waals surface area contributed by atoms with E-state index in [-0.39, 0.29) is 27.9 Å². The van der Waals surface area contributed by atoms with Crippen molar-refractivity contribution in [2.75, 3.05) is 6.54 Å². The van der Waals surface area contributed by atoms with Crippen molar-refractivity contribution in [1.82, 2.24) is 20.3 Å². The molecule has 0 atom stereocenters. The Bertz CT molecular complexity index is 1060. The highest BCUT2D eigenvalue weighted by molar-refractivity contribution is 5.96. The molecule has 126 valence electrons. The number of aromatic nitrogens is 3. The first kappa shape index (κ1) is 15.3. The summed E-state index contributed by atoms with van der Waals surface area (Å²) in [5, 5.41) is 3.11. The molecule has 0 bridgehead atoms. The van der Waals surface area contributed by atoms with Gasteiger partial charge in [0.25, 0.3) is 11.5 Å². The lowest BCUT2D eigenvalue weighted by Gasteiger charge is -2.16.